The van der Waals surface area contributed by atoms with Gasteiger partial charge in [0.05, 0.1) is 12.0 Å². The normalized spacial score (nSPS) is 18.5. The van der Waals surface area contributed by atoms with E-state index in [1.54, 1.807) is 4.90 Å². The fraction of sp³-hybridized carbons (Fsp3) is 0.529. The molecule has 0 aromatic heterocycles. The van der Waals surface area contributed by atoms with Crippen LogP contribution in [0.5, 0.6) is 0 Å². The van der Waals surface area contributed by atoms with Crippen molar-refractivity contribution >= 4 is 11.9 Å². The molecule has 1 aliphatic heterocycles. The molecule has 0 saturated carbocycles. The van der Waals surface area contributed by atoms with E-state index in [0.29, 0.717) is 19.4 Å². The Labute approximate surface area is 138 Å². The number of halogens is 3. The van der Waals surface area contributed by atoms with Crippen LogP contribution in [0.4, 0.5) is 13.2 Å². The summed E-state index contributed by atoms with van der Waals surface area (Å²) in [5.41, 5.74) is -0.838. The summed E-state index contributed by atoms with van der Waals surface area (Å²) in [6.07, 6.45) is -2.15. The lowest BCUT2D eigenvalue weighted by molar-refractivity contribution is -0.141. The third kappa shape index (κ3) is 4.72. The molecule has 1 heterocycles. The number of benzene rings is 1. The number of piperidine rings is 1. The number of alkyl halides is 3. The molecule has 1 saturated heterocycles. The standard InChI is InChI=1S/C17H20F3NO3/c18-17(19,20)14-7-2-1-5-12(14)11-15(22)21-10-4-3-6-13(21)8-9-16(23)24/h1-2,5,7,13H,3-4,6,8-11H2,(H,23,24). The highest BCUT2D eigenvalue weighted by Gasteiger charge is 2.34. The van der Waals surface area contributed by atoms with Crippen molar-refractivity contribution in [1.29, 1.82) is 0 Å². The summed E-state index contributed by atoms with van der Waals surface area (Å²) in [4.78, 5) is 24.8. The van der Waals surface area contributed by atoms with E-state index in [9.17, 15) is 22.8 Å². The lowest BCUT2D eigenvalue weighted by atomic mass is 9.96. The summed E-state index contributed by atoms with van der Waals surface area (Å²) < 4.78 is 39.1. The number of amides is 1. The molecule has 1 N–H and O–H groups in total. The zero-order valence-corrected chi connectivity index (χ0v) is 13.2. The van der Waals surface area contributed by atoms with Crippen molar-refractivity contribution in [3.05, 3.63) is 35.4 Å². The molecular weight excluding hydrogens is 323 g/mol. The number of hydrogen-bond acceptors (Lipinski definition) is 2. The first kappa shape index (κ1) is 18.3. The first-order valence-electron chi connectivity index (χ1n) is 7.95. The maximum atomic E-state index is 13.0. The van der Waals surface area contributed by atoms with E-state index in [4.69, 9.17) is 5.11 Å². The zero-order chi connectivity index (χ0) is 17.7. The first-order valence-corrected chi connectivity index (χ1v) is 7.95. The van der Waals surface area contributed by atoms with E-state index < -0.39 is 17.7 Å². The Morgan fingerprint density at radius 2 is 1.92 bits per heavy atom. The third-order valence-electron chi connectivity index (χ3n) is 4.30. The van der Waals surface area contributed by atoms with Crippen molar-refractivity contribution in [3.63, 3.8) is 0 Å². The molecule has 1 aromatic rings. The van der Waals surface area contributed by atoms with Crippen LogP contribution < -0.4 is 0 Å². The van der Waals surface area contributed by atoms with Crippen LogP contribution in [0.1, 0.15) is 43.2 Å². The van der Waals surface area contributed by atoms with E-state index in [-0.39, 0.29) is 30.4 Å². The maximum Gasteiger partial charge on any atom is 0.416 e. The van der Waals surface area contributed by atoms with Crippen molar-refractivity contribution in [2.75, 3.05) is 6.54 Å². The number of hydrogen-bond donors (Lipinski definition) is 1. The molecule has 1 amide bonds. The third-order valence-corrected chi connectivity index (χ3v) is 4.30. The van der Waals surface area contributed by atoms with E-state index >= 15 is 0 Å². The minimum absolute atomic E-state index is 0.0439. The van der Waals surface area contributed by atoms with Crippen molar-refractivity contribution < 1.29 is 27.9 Å². The molecule has 24 heavy (non-hydrogen) atoms. The largest absolute Gasteiger partial charge is 0.481 e. The van der Waals surface area contributed by atoms with Crippen molar-refractivity contribution in [2.45, 2.75) is 50.7 Å². The Balaban J connectivity index is 2.11. The molecule has 0 radical (unpaired) electrons. The summed E-state index contributed by atoms with van der Waals surface area (Å²) in [6, 6.07) is 4.86. The Morgan fingerprint density at radius 3 is 2.58 bits per heavy atom. The van der Waals surface area contributed by atoms with Crippen molar-refractivity contribution in [2.24, 2.45) is 0 Å². The van der Waals surface area contributed by atoms with Gasteiger partial charge in [-0.1, -0.05) is 18.2 Å². The Morgan fingerprint density at radius 1 is 1.21 bits per heavy atom. The number of carbonyl (C=O) groups is 2. The topological polar surface area (TPSA) is 57.6 Å². The molecule has 1 aliphatic rings. The summed E-state index contributed by atoms with van der Waals surface area (Å²) >= 11 is 0. The average Bonchev–Trinajstić information content (AvgIpc) is 2.52. The highest BCUT2D eigenvalue weighted by atomic mass is 19.4. The van der Waals surface area contributed by atoms with Gasteiger partial charge in [-0.05, 0) is 37.3 Å². The molecule has 1 aromatic carbocycles. The van der Waals surface area contributed by atoms with Gasteiger partial charge in [-0.15, -0.1) is 0 Å². The maximum absolute atomic E-state index is 13.0. The number of nitrogens with zero attached hydrogens (tertiary/aromatic N) is 1. The van der Waals surface area contributed by atoms with Crippen LogP contribution in [-0.4, -0.2) is 34.5 Å². The van der Waals surface area contributed by atoms with Crippen LogP contribution in [0.3, 0.4) is 0 Å². The van der Waals surface area contributed by atoms with Gasteiger partial charge in [-0.2, -0.15) is 13.2 Å². The lowest BCUT2D eigenvalue weighted by Gasteiger charge is -2.36. The number of likely N-dealkylation sites (tertiary alicyclic amines) is 1. The van der Waals surface area contributed by atoms with Gasteiger partial charge in [0.2, 0.25) is 5.91 Å². The monoisotopic (exact) mass is 343 g/mol. The molecular formula is C17H20F3NO3. The highest BCUT2D eigenvalue weighted by molar-refractivity contribution is 5.79. The molecule has 0 bridgehead atoms. The smallest absolute Gasteiger partial charge is 0.416 e. The summed E-state index contributed by atoms with van der Waals surface area (Å²) in [5.74, 6) is -1.31. The van der Waals surface area contributed by atoms with Gasteiger partial charge in [-0.25, -0.2) is 0 Å². The lowest BCUT2D eigenvalue weighted by Crippen LogP contribution is -2.44. The van der Waals surface area contributed by atoms with E-state index in [1.807, 2.05) is 0 Å². The molecule has 0 aliphatic carbocycles. The molecule has 132 valence electrons. The Bertz CT molecular complexity index is 601. The molecule has 1 fully saturated rings. The SMILES string of the molecule is O=C(O)CCC1CCCCN1C(=O)Cc1ccccc1C(F)(F)F. The van der Waals surface area contributed by atoms with Crippen LogP contribution >= 0.6 is 0 Å². The van der Waals surface area contributed by atoms with Gasteiger partial charge in [0.1, 0.15) is 0 Å². The van der Waals surface area contributed by atoms with Gasteiger partial charge < -0.3 is 10.0 Å². The number of aliphatic carboxylic acids is 1. The first-order chi connectivity index (χ1) is 11.3. The number of carbonyl (C=O) groups excluding carboxylic acids is 1. The Hall–Kier alpha value is -2.05. The number of carboxylic acid groups (broad SMARTS) is 1. The zero-order valence-electron chi connectivity index (χ0n) is 13.2. The van der Waals surface area contributed by atoms with E-state index in [2.05, 4.69) is 0 Å². The van der Waals surface area contributed by atoms with Gasteiger partial charge >= 0.3 is 12.1 Å². The van der Waals surface area contributed by atoms with Crippen LogP contribution in [-0.2, 0) is 22.2 Å². The van der Waals surface area contributed by atoms with Gasteiger partial charge in [-0.3, -0.25) is 9.59 Å². The van der Waals surface area contributed by atoms with Crippen molar-refractivity contribution in [3.8, 4) is 0 Å². The average molecular weight is 343 g/mol. The fourth-order valence-corrected chi connectivity index (χ4v) is 3.13. The second-order valence-corrected chi connectivity index (χ2v) is 6.00. The molecule has 1 unspecified atom stereocenters. The van der Waals surface area contributed by atoms with Crippen LogP contribution in [0.25, 0.3) is 0 Å². The number of carboxylic acids is 1. The van der Waals surface area contributed by atoms with Gasteiger partial charge in [0.15, 0.2) is 0 Å². The second-order valence-electron chi connectivity index (χ2n) is 6.00. The van der Waals surface area contributed by atoms with Crippen LogP contribution in [0, 0.1) is 0 Å². The summed E-state index contributed by atoms with van der Waals surface area (Å²) in [5, 5.41) is 8.80. The highest BCUT2D eigenvalue weighted by Crippen LogP contribution is 2.32. The van der Waals surface area contributed by atoms with Gasteiger partial charge in [0.25, 0.3) is 0 Å². The van der Waals surface area contributed by atoms with E-state index in [1.165, 1.54) is 18.2 Å². The minimum Gasteiger partial charge on any atom is -0.481 e. The van der Waals surface area contributed by atoms with Crippen molar-refractivity contribution in [1.82, 2.24) is 4.90 Å². The predicted molar refractivity (Wildman–Crippen MR) is 81.4 cm³/mol. The molecule has 0 spiro atoms. The summed E-state index contributed by atoms with van der Waals surface area (Å²) in [7, 11) is 0. The molecule has 4 nitrogen and oxygen atoms in total. The molecule has 7 heteroatoms. The minimum atomic E-state index is -4.50. The second kappa shape index (κ2) is 7.68. The van der Waals surface area contributed by atoms with Crippen LogP contribution in [0.15, 0.2) is 24.3 Å². The molecule has 1 atom stereocenters. The Kier molecular flexibility index (Phi) is 5.85. The fourth-order valence-electron chi connectivity index (χ4n) is 3.13. The van der Waals surface area contributed by atoms with Gasteiger partial charge in [0, 0.05) is 19.0 Å². The summed E-state index contributed by atoms with van der Waals surface area (Å²) in [6.45, 7) is 0.470. The van der Waals surface area contributed by atoms with Crippen LogP contribution in [0.2, 0.25) is 0 Å². The molecule has 2 rings (SSSR count). The van der Waals surface area contributed by atoms with E-state index in [0.717, 1.165) is 18.9 Å². The predicted octanol–water partition coefficient (Wildman–Crippen LogP) is 3.49. The number of rotatable bonds is 5. The quantitative estimate of drug-likeness (QED) is 0.890.